The third-order valence-electron chi connectivity index (χ3n) is 3.82. The minimum atomic E-state index is -0.0873. The van der Waals surface area contributed by atoms with Gasteiger partial charge in [0.25, 0.3) is 0 Å². The van der Waals surface area contributed by atoms with Crippen molar-refractivity contribution in [3.8, 4) is 0 Å². The summed E-state index contributed by atoms with van der Waals surface area (Å²) in [5.41, 5.74) is 1.72. The number of fused-ring (bicyclic) bond motifs is 1. The van der Waals surface area contributed by atoms with Crippen molar-refractivity contribution in [2.24, 2.45) is 0 Å². The molecule has 1 fully saturated rings. The number of carbonyl (C=O) groups excluding carboxylic acids is 1. The van der Waals surface area contributed by atoms with Crippen LogP contribution in [0.4, 0.5) is 5.69 Å². The largest absolute Gasteiger partial charge is 0.364 e. The molecule has 2 heterocycles. The lowest BCUT2D eigenvalue weighted by Gasteiger charge is -2.22. The number of thiazole rings is 1. The molecule has 1 aromatic carbocycles. The fraction of sp³-hybridized carbons (Fsp3) is 0.500. The Kier molecular flexibility index (Phi) is 8.36. The van der Waals surface area contributed by atoms with E-state index >= 15 is 0 Å². The molecular formula is C18H23N3O3S4. The molecule has 0 atom stereocenters. The minimum absolute atomic E-state index is 0.0693. The molecule has 0 bridgehead atoms. The molecule has 1 amide bonds. The average Bonchev–Trinajstić information content (AvgIpc) is 3.08. The normalized spacial score (nSPS) is 14.9. The van der Waals surface area contributed by atoms with E-state index in [0.29, 0.717) is 10.1 Å². The molecule has 1 aliphatic heterocycles. The number of benzene rings is 1. The van der Waals surface area contributed by atoms with Crippen molar-refractivity contribution >= 4 is 73.2 Å². The summed E-state index contributed by atoms with van der Waals surface area (Å²) in [5, 5.41) is 2.92. The Morgan fingerprint density at radius 1 is 1.39 bits per heavy atom. The average molecular weight is 458 g/mol. The van der Waals surface area contributed by atoms with Gasteiger partial charge in [0.05, 0.1) is 29.2 Å². The van der Waals surface area contributed by atoms with Crippen LogP contribution in [-0.2, 0) is 14.3 Å². The van der Waals surface area contributed by atoms with E-state index in [2.05, 4.69) is 10.3 Å². The number of hydrogen-bond acceptors (Lipinski definition) is 8. The third kappa shape index (κ3) is 6.57. The monoisotopic (exact) mass is 457 g/mol. The first-order valence-corrected chi connectivity index (χ1v) is 12.1. The van der Waals surface area contributed by atoms with Crippen LogP contribution in [0, 0.1) is 0 Å². The molecule has 0 unspecified atom stereocenters. The van der Waals surface area contributed by atoms with Crippen molar-refractivity contribution in [3.05, 3.63) is 18.2 Å². The van der Waals surface area contributed by atoms with Gasteiger partial charge < -0.3 is 19.7 Å². The Bertz CT molecular complexity index is 822. The van der Waals surface area contributed by atoms with Crippen LogP contribution in [0.1, 0.15) is 12.8 Å². The molecular weight excluding hydrogens is 434 g/mol. The van der Waals surface area contributed by atoms with E-state index in [9.17, 15) is 4.79 Å². The summed E-state index contributed by atoms with van der Waals surface area (Å²) in [4.78, 5) is 18.6. The molecule has 6 nitrogen and oxygen atoms in total. The summed E-state index contributed by atoms with van der Waals surface area (Å²) in [7, 11) is 3.74. The van der Waals surface area contributed by atoms with Gasteiger partial charge in [-0.2, -0.15) is 0 Å². The number of anilines is 1. The fourth-order valence-electron chi connectivity index (χ4n) is 2.44. The first-order valence-electron chi connectivity index (χ1n) is 8.92. The topological polar surface area (TPSA) is 63.7 Å². The Labute approximate surface area is 182 Å². The number of ether oxygens (including phenoxy) is 2. The first kappa shape index (κ1) is 21.8. The zero-order valence-electron chi connectivity index (χ0n) is 15.8. The van der Waals surface area contributed by atoms with Gasteiger partial charge in [0, 0.05) is 32.0 Å². The maximum Gasteiger partial charge on any atom is 0.234 e. The number of aromatic nitrogens is 1. The highest BCUT2D eigenvalue weighted by Crippen LogP contribution is 2.32. The van der Waals surface area contributed by atoms with Crippen molar-refractivity contribution in [1.29, 1.82) is 0 Å². The van der Waals surface area contributed by atoms with Crippen LogP contribution in [0.15, 0.2) is 22.5 Å². The van der Waals surface area contributed by atoms with E-state index < -0.39 is 0 Å². The third-order valence-corrected chi connectivity index (χ3v) is 7.75. The molecule has 1 saturated heterocycles. The summed E-state index contributed by atoms with van der Waals surface area (Å²) in [6.45, 7) is 1.56. The van der Waals surface area contributed by atoms with Crippen LogP contribution in [0.3, 0.4) is 0 Å². The standard InChI is InChI=1S/C18H23N3O3S4/c1-21(2)18(25)27-11-15(22)19-12-4-5-13-14(10-12)28-17(20-13)26-9-6-16-23-7-3-8-24-16/h4-5,10,16H,3,6-9,11H2,1-2H3,(H,19,22). The summed E-state index contributed by atoms with van der Waals surface area (Å²) in [6.07, 6.45) is 1.74. The van der Waals surface area contributed by atoms with Gasteiger partial charge in [-0.1, -0.05) is 35.7 Å². The second-order valence-electron chi connectivity index (χ2n) is 6.32. The van der Waals surface area contributed by atoms with Gasteiger partial charge in [-0.15, -0.1) is 11.3 Å². The van der Waals surface area contributed by atoms with E-state index in [0.717, 1.165) is 52.1 Å². The predicted octanol–water partition coefficient (Wildman–Crippen LogP) is 4.06. The summed E-state index contributed by atoms with van der Waals surface area (Å²) in [5.74, 6) is 1.13. The van der Waals surface area contributed by atoms with E-state index in [1.165, 1.54) is 11.8 Å². The lowest BCUT2D eigenvalue weighted by Crippen LogP contribution is -2.25. The number of thioether (sulfide) groups is 2. The molecule has 28 heavy (non-hydrogen) atoms. The zero-order valence-corrected chi connectivity index (χ0v) is 19.1. The predicted molar refractivity (Wildman–Crippen MR) is 123 cm³/mol. The minimum Gasteiger partial charge on any atom is -0.364 e. The number of carbonyl (C=O) groups is 1. The van der Waals surface area contributed by atoms with Crippen molar-refractivity contribution in [3.63, 3.8) is 0 Å². The van der Waals surface area contributed by atoms with Crippen LogP contribution in [-0.4, -0.2) is 65.2 Å². The van der Waals surface area contributed by atoms with Crippen LogP contribution in [0.5, 0.6) is 0 Å². The Hall–Kier alpha value is -0.910. The van der Waals surface area contributed by atoms with E-state index in [4.69, 9.17) is 21.7 Å². The maximum atomic E-state index is 12.1. The highest BCUT2D eigenvalue weighted by Gasteiger charge is 2.14. The maximum absolute atomic E-state index is 12.1. The van der Waals surface area contributed by atoms with Gasteiger partial charge in [0.15, 0.2) is 10.6 Å². The number of nitrogens with zero attached hydrogens (tertiary/aromatic N) is 2. The number of nitrogens with one attached hydrogen (secondary N) is 1. The Morgan fingerprint density at radius 2 is 2.18 bits per heavy atom. The second-order valence-corrected chi connectivity index (χ2v) is 10.3. The summed E-state index contributed by atoms with van der Waals surface area (Å²) >= 11 is 9.88. The SMILES string of the molecule is CN(C)C(=S)SCC(=O)Nc1ccc2nc(SCCC3OCCCO3)sc2c1. The van der Waals surface area contributed by atoms with Crippen LogP contribution in [0.25, 0.3) is 10.2 Å². The Balaban J connectivity index is 1.50. The molecule has 0 radical (unpaired) electrons. The van der Waals surface area contributed by atoms with Crippen LogP contribution < -0.4 is 5.32 Å². The number of amides is 1. The Morgan fingerprint density at radius 3 is 2.93 bits per heavy atom. The van der Waals surface area contributed by atoms with Crippen LogP contribution in [0.2, 0.25) is 0 Å². The molecule has 2 aromatic rings. The molecule has 0 spiro atoms. The second kappa shape index (κ2) is 10.7. The fourth-order valence-corrected chi connectivity index (χ4v) is 5.34. The van der Waals surface area contributed by atoms with Gasteiger partial charge in [-0.25, -0.2) is 4.98 Å². The number of rotatable bonds is 7. The lowest BCUT2D eigenvalue weighted by atomic mass is 10.3. The summed E-state index contributed by atoms with van der Waals surface area (Å²) < 4.78 is 13.9. The van der Waals surface area contributed by atoms with Gasteiger partial charge in [0.1, 0.15) is 4.32 Å². The van der Waals surface area contributed by atoms with E-state index in [1.54, 1.807) is 23.1 Å². The van der Waals surface area contributed by atoms with Gasteiger partial charge in [0.2, 0.25) is 5.91 Å². The highest BCUT2D eigenvalue weighted by atomic mass is 32.2. The molecule has 1 N–H and O–H groups in total. The number of hydrogen-bond donors (Lipinski definition) is 1. The van der Waals surface area contributed by atoms with Crippen molar-refractivity contribution in [2.75, 3.05) is 44.1 Å². The van der Waals surface area contributed by atoms with Crippen LogP contribution >= 0.6 is 47.1 Å². The van der Waals surface area contributed by atoms with E-state index in [1.807, 2.05) is 37.2 Å². The summed E-state index contributed by atoms with van der Waals surface area (Å²) in [6, 6.07) is 5.79. The quantitative estimate of drug-likeness (QED) is 0.493. The van der Waals surface area contributed by atoms with E-state index in [-0.39, 0.29) is 12.2 Å². The lowest BCUT2D eigenvalue weighted by molar-refractivity contribution is -0.178. The molecule has 10 heteroatoms. The first-order chi connectivity index (χ1) is 13.5. The molecule has 152 valence electrons. The zero-order chi connectivity index (χ0) is 19.9. The molecule has 3 rings (SSSR count). The molecule has 0 saturated carbocycles. The van der Waals surface area contributed by atoms with Crippen molar-refractivity contribution in [2.45, 2.75) is 23.5 Å². The molecule has 1 aromatic heterocycles. The van der Waals surface area contributed by atoms with Gasteiger partial charge in [-0.3, -0.25) is 4.79 Å². The van der Waals surface area contributed by atoms with Gasteiger partial charge >= 0.3 is 0 Å². The van der Waals surface area contributed by atoms with Crippen molar-refractivity contribution in [1.82, 2.24) is 9.88 Å². The number of thiocarbonyl (C=S) groups is 1. The highest BCUT2D eigenvalue weighted by molar-refractivity contribution is 8.23. The van der Waals surface area contributed by atoms with Crippen molar-refractivity contribution < 1.29 is 14.3 Å². The van der Waals surface area contributed by atoms with Gasteiger partial charge in [-0.05, 0) is 24.6 Å². The molecule has 0 aliphatic carbocycles. The smallest absolute Gasteiger partial charge is 0.234 e. The molecule has 1 aliphatic rings.